The van der Waals surface area contributed by atoms with Crippen molar-refractivity contribution >= 4 is 16.0 Å². The number of fused-ring (bicyclic) bond motifs is 2. The molecule has 2 aromatic carbocycles. The van der Waals surface area contributed by atoms with Crippen LogP contribution in [-0.4, -0.2) is 55.8 Å². The van der Waals surface area contributed by atoms with Crippen LogP contribution in [0.25, 0.3) is 0 Å². The number of rotatable bonds is 13. The highest BCUT2D eigenvalue weighted by molar-refractivity contribution is 7.89. The van der Waals surface area contributed by atoms with Gasteiger partial charge in [0.1, 0.15) is 17.9 Å². The molecular formula is C39H56N2O5S. The number of benzene rings is 2. The van der Waals surface area contributed by atoms with Gasteiger partial charge in [-0.3, -0.25) is 4.79 Å². The number of ether oxygens (including phenoxy) is 2. The first-order valence-corrected chi connectivity index (χ1v) is 19.9. The Morgan fingerprint density at radius 3 is 2.06 bits per heavy atom. The third-order valence-electron chi connectivity index (χ3n) is 12.5. The second kappa shape index (κ2) is 14.6. The summed E-state index contributed by atoms with van der Waals surface area (Å²) >= 11 is 0. The average Bonchev–Trinajstić information content (AvgIpc) is 3.43. The van der Waals surface area contributed by atoms with Gasteiger partial charge in [0.05, 0.1) is 12.9 Å². The van der Waals surface area contributed by atoms with Gasteiger partial charge in [-0.15, -0.1) is 0 Å². The van der Waals surface area contributed by atoms with Crippen molar-refractivity contribution in [1.29, 1.82) is 0 Å². The zero-order valence-corrected chi connectivity index (χ0v) is 29.6. The predicted octanol–water partition coefficient (Wildman–Crippen LogP) is 7.43. The van der Waals surface area contributed by atoms with Gasteiger partial charge < -0.3 is 14.8 Å². The van der Waals surface area contributed by atoms with Crippen LogP contribution in [0, 0.1) is 16.7 Å². The molecule has 4 saturated carbocycles. The summed E-state index contributed by atoms with van der Waals surface area (Å²) in [6.45, 7) is 4.98. The standard InChI is InChI=1S/C39H56N2O5S/c1-38(2)31-23-24-39(38,28-47(43,44)41(32-15-9-5-10-16-32)33-17-11-6-12-18-33)36(26-31)46-37(42)35(25-29-13-7-4-8-14-29)40-27-30-19-21-34(45-3)22-20-30/h4,7-8,13-14,19-22,31-33,35-36,40H,5-6,9-12,15-18,23-28H2,1-3H3/t31-,35+,36-,39-/m1/s1. The average molecular weight is 665 g/mol. The molecule has 8 heteroatoms. The number of nitrogens with zero attached hydrogens (tertiary/aromatic N) is 1. The summed E-state index contributed by atoms with van der Waals surface area (Å²) < 4.78 is 43.5. The SMILES string of the molecule is COc1ccc(CN[C@@H](Cc2ccccc2)C(=O)O[C@@H]2C[C@H]3CC[C@]2(CS(=O)(=O)N(C2CCCCC2)C2CCCCC2)C3(C)C)cc1. The van der Waals surface area contributed by atoms with E-state index in [-0.39, 0.29) is 29.2 Å². The third-order valence-corrected chi connectivity index (χ3v) is 14.6. The summed E-state index contributed by atoms with van der Waals surface area (Å²) in [4.78, 5) is 14.2. The second-order valence-corrected chi connectivity index (χ2v) is 17.3. The van der Waals surface area contributed by atoms with Crippen molar-refractivity contribution < 1.29 is 22.7 Å². The molecule has 2 bridgehead atoms. The lowest BCUT2D eigenvalue weighted by Gasteiger charge is -2.46. The van der Waals surface area contributed by atoms with E-state index >= 15 is 0 Å². The van der Waals surface area contributed by atoms with Gasteiger partial charge in [-0.1, -0.05) is 94.8 Å². The maximum absolute atomic E-state index is 14.8. The van der Waals surface area contributed by atoms with Crippen molar-refractivity contribution in [2.45, 2.75) is 135 Å². The minimum absolute atomic E-state index is 0.0804. The van der Waals surface area contributed by atoms with Crippen LogP contribution < -0.4 is 10.1 Å². The Hall–Kier alpha value is -2.42. The summed E-state index contributed by atoms with van der Waals surface area (Å²) in [6, 6.07) is 17.5. The molecule has 4 atom stereocenters. The van der Waals surface area contributed by atoms with E-state index in [2.05, 4.69) is 19.2 Å². The predicted molar refractivity (Wildman–Crippen MR) is 187 cm³/mol. The van der Waals surface area contributed by atoms with Gasteiger partial charge in [0.2, 0.25) is 10.0 Å². The lowest BCUT2D eigenvalue weighted by Crippen LogP contribution is -2.55. The monoisotopic (exact) mass is 664 g/mol. The van der Waals surface area contributed by atoms with Gasteiger partial charge in [-0.05, 0) is 86.0 Å². The van der Waals surface area contributed by atoms with Crippen molar-refractivity contribution in [2.75, 3.05) is 12.9 Å². The van der Waals surface area contributed by atoms with Gasteiger partial charge in [0.25, 0.3) is 0 Å². The van der Waals surface area contributed by atoms with Crippen LogP contribution >= 0.6 is 0 Å². The van der Waals surface area contributed by atoms with Crippen LogP contribution in [0.2, 0.25) is 0 Å². The Morgan fingerprint density at radius 2 is 1.49 bits per heavy atom. The highest BCUT2D eigenvalue weighted by atomic mass is 32.2. The largest absolute Gasteiger partial charge is 0.497 e. The molecule has 2 aromatic rings. The van der Waals surface area contributed by atoms with Crippen molar-refractivity contribution in [3.63, 3.8) is 0 Å². The molecule has 4 fully saturated rings. The number of methoxy groups -OCH3 is 1. The molecule has 0 amide bonds. The van der Waals surface area contributed by atoms with Gasteiger partial charge in [0.15, 0.2) is 0 Å². The van der Waals surface area contributed by atoms with E-state index in [4.69, 9.17) is 9.47 Å². The topological polar surface area (TPSA) is 84.9 Å². The Kier molecular flexibility index (Phi) is 10.7. The summed E-state index contributed by atoms with van der Waals surface area (Å²) in [6.07, 6.45) is 13.3. The van der Waals surface area contributed by atoms with Gasteiger partial charge in [-0.2, -0.15) is 4.31 Å². The van der Waals surface area contributed by atoms with E-state index in [1.165, 1.54) is 12.8 Å². The summed E-state index contributed by atoms with van der Waals surface area (Å²) in [5.74, 6) is 0.924. The smallest absolute Gasteiger partial charge is 0.323 e. The van der Waals surface area contributed by atoms with Crippen LogP contribution in [0.5, 0.6) is 5.75 Å². The van der Waals surface area contributed by atoms with E-state index in [9.17, 15) is 13.2 Å². The lowest BCUT2D eigenvalue weighted by atomic mass is 9.69. The molecule has 47 heavy (non-hydrogen) atoms. The third kappa shape index (κ3) is 7.30. The maximum Gasteiger partial charge on any atom is 0.323 e. The fraction of sp³-hybridized carbons (Fsp3) is 0.667. The minimum atomic E-state index is -3.59. The maximum atomic E-state index is 14.8. The molecule has 6 rings (SSSR count). The Bertz CT molecular complexity index is 1420. The number of hydrogen-bond acceptors (Lipinski definition) is 6. The number of nitrogens with one attached hydrogen (secondary N) is 1. The van der Waals surface area contributed by atoms with Crippen molar-refractivity contribution in [1.82, 2.24) is 9.62 Å². The Morgan fingerprint density at radius 1 is 0.872 bits per heavy atom. The van der Waals surface area contributed by atoms with Gasteiger partial charge in [-0.25, -0.2) is 8.42 Å². The molecule has 4 aliphatic rings. The Balaban J connectivity index is 1.24. The van der Waals surface area contributed by atoms with E-state index in [0.717, 1.165) is 87.5 Å². The zero-order chi connectivity index (χ0) is 33.1. The molecule has 0 heterocycles. The molecule has 0 spiro atoms. The van der Waals surface area contributed by atoms with Crippen molar-refractivity contribution in [3.05, 3.63) is 65.7 Å². The zero-order valence-electron chi connectivity index (χ0n) is 28.8. The summed E-state index contributed by atoms with van der Waals surface area (Å²) in [5, 5.41) is 3.48. The van der Waals surface area contributed by atoms with Crippen LogP contribution in [0.15, 0.2) is 54.6 Å². The molecule has 258 valence electrons. The van der Waals surface area contributed by atoms with E-state index in [1.54, 1.807) is 7.11 Å². The number of sulfonamides is 1. The highest BCUT2D eigenvalue weighted by Gasteiger charge is 2.67. The molecule has 7 nitrogen and oxygen atoms in total. The number of carbonyl (C=O) groups is 1. The molecule has 0 saturated heterocycles. The molecule has 4 aliphatic carbocycles. The summed E-state index contributed by atoms with van der Waals surface area (Å²) in [7, 11) is -1.94. The molecule has 0 unspecified atom stereocenters. The van der Waals surface area contributed by atoms with Crippen LogP contribution in [0.1, 0.15) is 108 Å². The van der Waals surface area contributed by atoms with Crippen LogP contribution in [0.3, 0.4) is 0 Å². The molecule has 0 aliphatic heterocycles. The fourth-order valence-corrected chi connectivity index (χ4v) is 12.5. The minimum Gasteiger partial charge on any atom is -0.497 e. The lowest BCUT2D eigenvalue weighted by molar-refractivity contribution is -0.159. The Labute approximate surface area is 283 Å². The fourth-order valence-electron chi connectivity index (χ4n) is 9.62. The second-order valence-electron chi connectivity index (χ2n) is 15.4. The first kappa shape index (κ1) is 34.4. The number of hydrogen-bond donors (Lipinski definition) is 1. The van der Waals surface area contributed by atoms with Crippen molar-refractivity contribution in [3.8, 4) is 5.75 Å². The van der Waals surface area contributed by atoms with Gasteiger partial charge >= 0.3 is 5.97 Å². The number of esters is 1. The van der Waals surface area contributed by atoms with Gasteiger partial charge in [0, 0.05) is 24.0 Å². The molecule has 0 aromatic heterocycles. The van der Waals surface area contributed by atoms with Crippen molar-refractivity contribution in [2.24, 2.45) is 16.7 Å². The van der Waals surface area contributed by atoms with E-state index in [0.29, 0.717) is 18.9 Å². The van der Waals surface area contributed by atoms with E-state index < -0.39 is 27.6 Å². The normalized spacial score (nSPS) is 27.1. The van der Waals surface area contributed by atoms with Crippen LogP contribution in [0.4, 0.5) is 0 Å². The first-order valence-electron chi connectivity index (χ1n) is 18.2. The van der Waals surface area contributed by atoms with E-state index in [1.807, 2.05) is 58.9 Å². The molecule has 1 N–H and O–H groups in total. The highest BCUT2D eigenvalue weighted by Crippen LogP contribution is 2.67. The molecular weight excluding hydrogens is 609 g/mol. The summed E-state index contributed by atoms with van der Waals surface area (Å²) in [5.41, 5.74) is 1.27. The quantitative estimate of drug-likeness (QED) is 0.224. The van der Waals surface area contributed by atoms with Crippen LogP contribution in [-0.2, 0) is 32.5 Å². The molecule has 0 radical (unpaired) electrons. The first-order chi connectivity index (χ1) is 22.6. The number of carbonyl (C=O) groups excluding carboxylic acids is 1.